The molecule has 2 heterocycles. The van der Waals surface area contributed by atoms with Gasteiger partial charge in [-0.15, -0.1) is 0 Å². The topological polar surface area (TPSA) is 52.9 Å². The van der Waals surface area contributed by atoms with Crippen LogP contribution in [0.3, 0.4) is 0 Å². The molecule has 32 heavy (non-hydrogen) atoms. The van der Waals surface area contributed by atoms with Gasteiger partial charge in [-0.1, -0.05) is 54.6 Å². The molecule has 0 radical (unpaired) electrons. The van der Waals surface area contributed by atoms with Crippen LogP contribution < -0.4 is 4.74 Å². The van der Waals surface area contributed by atoms with Gasteiger partial charge >= 0.3 is 0 Å². The number of hydrogen-bond acceptors (Lipinski definition) is 4. The summed E-state index contributed by atoms with van der Waals surface area (Å²) in [5.41, 5.74) is 3.31. The minimum atomic E-state index is -0.713. The molecule has 0 unspecified atom stereocenters. The van der Waals surface area contributed by atoms with Gasteiger partial charge in [0, 0.05) is 31.6 Å². The zero-order valence-corrected chi connectivity index (χ0v) is 18.0. The Kier molecular flexibility index (Phi) is 5.72. The van der Waals surface area contributed by atoms with Gasteiger partial charge in [-0.05, 0) is 47.7 Å². The van der Waals surface area contributed by atoms with E-state index in [2.05, 4.69) is 29.2 Å². The molecule has 3 aromatic rings. The highest BCUT2D eigenvalue weighted by molar-refractivity contribution is 5.63. The Morgan fingerprint density at radius 3 is 2.38 bits per heavy atom. The first kappa shape index (κ1) is 21.1. The van der Waals surface area contributed by atoms with Crippen LogP contribution in [0.25, 0.3) is 11.1 Å². The summed E-state index contributed by atoms with van der Waals surface area (Å²) >= 11 is 0. The van der Waals surface area contributed by atoms with Crippen molar-refractivity contribution in [3.05, 3.63) is 89.7 Å². The lowest BCUT2D eigenvalue weighted by molar-refractivity contribution is -0.0589. The predicted octanol–water partition coefficient (Wildman–Crippen LogP) is 4.88. The molecule has 0 amide bonds. The van der Waals surface area contributed by atoms with Gasteiger partial charge in [0.05, 0.1) is 12.2 Å². The SMILES string of the molecule is O[C@H](CN1CCC2(CC1)C[C@@H](O)c1cc(F)ccc1O2)c1ccc(-c2ccccc2)cc1. The molecule has 166 valence electrons. The Morgan fingerprint density at radius 1 is 0.969 bits per heavy atom. The molecule has 5 heteroatoms. The maximum Gasteiger partial charge on any atom is 0.126 e. The molecular formula is C27H28FNO3. The predicted molar refractivity (Wildman–Crippen MR) is 122 cm³/mol. The standard InChI is InChI=1S/C27H28FNO3/c28-22-10-11-26-23(16-22)24(30)17-27(32-26)12-14-29(15-13-27)18-25(31)21-8-6-20(7-9-21)19-4-2-1-3-5-19/h1-11,16,24-25,30-31H,12-15,17-18H2/t24-,25-/m1/s1. The maximum absolute atomic E-state index is 13.5. The van der Waals surface area contributed by atoms with Crippen molar-refractivity contribution in [2.45, 2.75) is 37.1 Å². The summed E-state index contributed by atoms with van der Waals surface area (Å²) in [5.74, 6) is 0.222. The second kappa shape index (κ2) is 8.66. The summed E-state index contributed by atoms with van der Waals surface area (Å²) in [7, 11) is 0. The zero-order chi connectivity index (χ0) is 22.1. The number of hydrogen-bond donors (Lipinski definition) is 2. The average molecular weight is 434 g/mol. The number of likely N-dealkylation sites (tertiary alicyclic amines) is 1. The van der Waals surface area contributed by atoms with Gasteiger partial charge in [-0.2, -0.15) is 0 Å². The molecule has 2 aliphatic heterocycles. The fourth-order valence-electron chi connectivity index (χ4n) is 4.94. The molecule has 1 spiro atoms. The zero-order valence-electron chi connectivity index (χ0n) is 18.0. The summed E-state index contributed by atoms with van der Waals surface area (Å²) < 4.78 is 19.8. The monoisotopic (exact) mass is 433 g/mol. The fraction of sp³-hybridized carbons (Fsp3) is 0.333. The van der Waals surface area contributed by atoms with E-state index in [4.69, 9.17) is 4.74 Å². The molecule has 1 fully saturated rings. The minimum Gasteiger partial charge on any atom is -0.487 e. The van der Waals surface area contributed by atoms with Crippen molar-refractivity contribution >= 4 is 0 Å². The van der Waals surface area contributed by atoms with Crippen molar-refractivity contribution in [2.75, 3.05) is 19.6 Å². The summed E-state index contributed by atoms with van der Waals surface area (Å²) in [6, 6.07) is 22.6. The summed E-state index contributed by atoms with van der Waals surface area (Å²) in [6.07, 6.45) is 0.729. The highest BCUT2D eigenvalue weighted by atomic mass is 19.1. The van der Waals surface area contributed by atoms with E-state index in [9.17, 15) is 14.6 Å². The normalized spacial score (nSPS) is 21.0. The van der Waals surface area contributed by atoms with Crippen molar-refractivity contribution in [1.82, 2.24) is 4.90 Å². The Bertz CT molecular complexity index is 1060. The molecular weight excluding hydrogens is 405 g/mol. The lowest BCUT2D eigenvalue weighted by atomic mass is 9.81. The van der Waals surface area contributed by atoms with Gasteiger partial charge in [0.2, 0.25) is 0 Å². The van der Waals surface area contributed by atoms with Crippen LogP contribution in [-0.2, 0) is 0 Å². The summed E-state index contributed by atoms with van der Waals surface area (Å²) in [5, 5.41) is 21.4. The lowest BCUT2D eigenvalue weighted by Crippen LogP contribution is -2.51. The van der Waals surface area contributed by atoms with Crippen LogP contribution in [0, 0.1) is 5.82 Å². The first-order valence-corrected chi connectivity index (χ1v) is 11.2. The number of nitrogens with zero attached hydrogens (tertiary/aromatic N) is 1. The van der Waals surface area contributed by atoms with Crippen molar-refractivity contribution < 1.29 is 19.3 Å². The highest BCUT2D eigenvalue weighted by Gasteiger charge is 2.43. The van der Waals surface area contributed by atoms with E-state index in [-0.39, 0.29) is 5.82 Å². The van der Waals surface area contributed by atoms with E-state index in [1.54, 1.807) is 6.07 Å². The third-order valence-corrected chi connectivity index (χ3v) is 6.82. The smallest absolute Gasteiger partial charge is 0.126 e. The highest BCUT2D eigenvalue weighted by Crippen LogP contribution is 2.44. The molecule has 2 N–H and O–H groups in total. The van der Waals surface area contributed by atoms with Gasteiger partial charge in [0.25, 0.3) is 0 Å². The Morgan fingerprint density at radius 2 is 1.66 bits per heavy atom. The van der Waals surface area contributed by atoms with Gasteiger partial charge in [-0.3, -0.25) is 0 Å². The molecule has 0 bridgehead atoms. The maximum atomic E-state index is 13.5. The second-order valence-electron chi connectivity index (χ2n) is 8.99. The van der Waals surface area contributed by atoms with Gasteiger partial charge < -0.3 is 19.8 Å². The average Bonchev–Trinajstić information content (AvgIpc) is 2.82. The van der Waals surface area contributed by atoms with Crippen LogP contribution in [0.15, 0.2) is 72.8 Å². The van der Waals surface area contributed by atoms with Crippen LogP contribution in [0.2, 0.25) is 0 Å². The Hall–Kier alpha value is -2.73. The number of piperidine rings is 1. The van der Waals surface area contributed by atoms with Crippen molar-refractivity contribution in [3.8, 4) is 16.9 Å². The van der Waals surface area contributed by atoms with Gasteiger partial charge in [0.15, 0.2) is 0 Å². The van der Waals surface area contributed by atoms with Crippen LogP contribution in [0.4, 0.5) is 4.39 Å². The van der Waals surface area contributed by atoms with E-state index in [0.717, 1.165) is 42.6 Å². The lowest BCUT2D eigenvalue weighted by Gasteiger charge is -2.46. The van der Waals surface area contributed by atoms with Gasteiger partial charge in [-0.25, -0.2) is 4.39 Å². The molecule has 1 saturated heterocycles. The van der Waals surface area contributed by atoms with E-state index >= 15 is 0 Å². The number of fused-ring (bicyclic) bond motifs is 1. The molecule has 0 saturated carbocycles. The van der Waals surface area contributed by atoms with Gasteiger partial charge in [0.1, 0.15) is 17.2 Å². The number of rotatable bonds is 4. The van der Waals surface area contributed by atoms with Crippen molar-refractivity contribution in [3.63, 3.8) is 0 Å². The van der Waals surface area contributed by atoms with Crippen LogP contribution in [0.1, 0.15) is 42.6 Å². The third kappa shape index (κ3) is 4.29. The van der Waals surface area contributed by atoms with E-state index in [1.165, 1.54) is 12.1 Å². The summed E-state index contributed by atoms with van der Waals surface area (Å²) in [4.78, 5) is 2.25. The van der Waals surface area contributed by atoms with Crippen LogP contribution in [0.5, 0.6) is 5.75 Å². The van der Waals surface area contributed by atoms with Crippen molar-refractivity contribution in [1.29, 1.82) is 0 Å². The van der Waals surface area contributed by atoms with E-state index in [1.807, 2.05) is 30.3 Å². The molecule has 3 aromatic carbocycles. The number of β-amino-alcohol motifs (C(OH)–C–C–N with tert-alkyl or cyclic N) is 1. The van der Waals surface area contributed by atoms with E-state index < -0.39 is 17.8 Å². The molecule has 4 nitrogen and oxygen atoms in total. The quantitative estimate of drug-likeness (QED) is 0.616. The number of aliphatic hydroxyl groups excluding tert-OH is 2. The molecule has 2 atom stereocenters. The second-order valence-corrected chi connectivity index (χ2v) is 8.99. The van der Waals surface area contributed by atoms with Crippen LogP contribution >= 0.6 is 0 Å². The first-order valence-electron chi connectivity index (χ1n) is 11.2. The Labute approximate surface area is 187 Å². The minimum absolute atomic E-state index is 0.358. The molecule has 2 aliphatic rings. The first-order chi connectivity index (χ1) is 15.5. The molecule has 0 aliphatic carbocycles. The number of ether oxygens (including phenoxy) is 1. The van der Waals surface area contributed by atoms with Crippen molar-refractivity contribution in [2.24, 2.45) is 0 Å². The molecule has 0 aromatic heterocycles. The molecule has 5 rings (SSSR count). The summed E-state index contributed by atoms with van der Waals surface area (Å²) in [6.45, 7) is 2.12. The van der Waals surface area contributed by atoms with E-state index in [0.29, 0.717) is 24.3 Å². The fourth-order valence-corrected chi connectivity index (χ4v) is 4.94. The van der Waals surface area contributed by atoms with Crippen LogP contribution in [-0.4, -0.2) is 40.3 Å². The number of benzene rings is 3. The largest absolute Gasteiger partial charge is 0.487 e. The number of halogens is 1. The Balaban J connectivity index is 1.19. The number of aliphatic hydroxyl groups is 2. The third-order valence-electron chi connectivity index (χ3n) is 6.82.